The number of piperidine rings is 1. The van der Waals surface area contributed by atoms with Gasteiger partial charge in [0.25, 0.3) is 5.91 Å². The number of hydrogen-bond donors (Lipinski definition) is 1. The van der Waals surface area contributed by atoms with Crippen molar-refractivity contribution in [2.24, 2.45) is 11.8 Å². The SMILES string of the molecule is COc1ccc(S(=O)(=O)NCCC(C)C)cc1C(=O)N1CCC(C)CC1. The first-order valence-electron chi connectivity index (χ1n) is 9.21. The second-order valence-electron chi connectivity index (χ2n) is 7.42. The molecule has 0 saturated carbocycles. The number of hydrogen-bond acceptors (Lipinski definition) is 4. The van der Waals surface area contributed by atoms with Gasteiger partial charge in [0.05, 0.1) is 17.6 Å². The lowest BCUT2D eigenvalue weighted by atomic mass is 9.98. The fourth-order valence-electron chi connectivity index (χ4n) is 2.97. The number of rotatable bonds is 7. The van der Waals surface area contributed by atoms with Crippen molar-refractivity contribution in [2.75, 3.05) is 26.7 Å². The lowest BCUT2D eigenvalue weighted by Gasteiger charge is -2.30. The fourth-order valence-corrected chi connectivity index (χ4v) is 4.04. The van der Waals surface area contributed by atoms with Crippen LogP contribution in [0.25, 0.3) is 0 Å². The Morgan fingerprint density at radius 3 is 2.54 bits per heavy atom. The second-order valence-corrected chi connectivity index (χ2v) is 9.18. The van der Waals surface area contributed by atoms with Crippen LogP contribution in [0.5, 0.6) is 5.75 Å². The summed E-state index contributed by atoms with van der Waals surface area (Å²) in [6.07, 6.45) is 2.68. The zero-order valence-corrected chi connectivity index (χ0v) is 16.9. The number of benzene rings is 1. The monoisotopic (exact) mass is 382 g/mol. The number of nitrogens with one attached hydrogen (secondary N) is 1. The van der Waals surface area contributed by atoms with Gasteiger partial charge in [0.2, 0.25) is 10.0 Å². The summed E-state index contributed by atoms with van der Waals surface area (Å²) in [5, 5.41) is 0. The van der Waals surface area contributed by atoms with Crippen LogP contribution in [0.3, 0.4) is 0 Å². The minimum absolute atomic E-state index is 0.0933. The number of amides is 1. The highest BCUT2D eigenvalue weighted by atomic mass is 32.2. The topological polar surface area (TPSA) is 75.7 Å². The predicted octanol–water partition coefficient (Wildman–Crippen LogP) is 2.89. The molecule has 0 atom stereocenters. The molecule has 0 spiro atoms. The summed E-state index contributed by atoms with van der Waals surface area (Å²) < 4.78 is 33.0. The van der Waals surface area contributed by atoms with Crippen molar-refractivity contribution in [1.82, 2.24) is 9.62 Å². The van der Waals surface area contributed by atoms with Crippen molar-refractivity contribution < 1.29 is 17.9 Å². The van der Waals surface area contributed by atoms with Gasteiger partial charge in [-0.2, -0.15) is 0 Å². The summed E-state index contributed by atoms with van der Waals surface area (Å²) in [5.74, 6) is 1.24. The number of likely N-dealkylation sites (tertiary alicyclic amines) is 1. The molecule has 1 heterocycles. The molecule has 1 amide bonds. The zero-order chi connectivity index (χ0) is 19.3. The minimum Gasteiger partial charge on any atom is -0.496 e. The van der Waals surface area contributed by atoms with Crippen LogP contribution in [0.4, 0.5) is 0 Å². The molecule has 1 aromatic rings. The van der Waals surface area contributed by atoms with Crippen molar-refractivity contribution >= 4 is 15.9 Å². The molecule has 1 fully saturated rings. The second kappa shape index (κ2) is 8.86. The highest BCUT2D eigenvalue weighted by Crippen LogP contribution is 2.26. The molecule has 26 heavy (non-hydrogen) atoms. The molecule has 1 N–H and O–H groups in total. The van der Waals surface area contributed by atoms with Crippen molar-refractivity contribution in [2.45, 2.75) is 44.9 Å². The van der Waals surface area contributed by atoms with Gasteiger partial charge in [-0.05, 0) is 49.3 Å². The maximum Gasteiger partial charge on any atom is 0.257 e. The Labute approximate surface area is 157 Å². The number of sulfonamides is 1. The minimum atomic E-state index is -3.65. The van der Waals surface area contributed by atoms with Gasteiger partial charge in [0.15, 0.2) is 0 Å². The molecular formula is C19H30N2O4S. The van der Waals surface area contributed by atoms with E-state index in [0.717, 1.165) is 19.3 Å². The smallest absolute Gasteiger partial charge is 0.257 e. The molecular weight excluding hydrogens is 352 g/mol. The number of nitrogens with zero attached hydrogens (tertiary/aromatic N) is 1. The molecule has 146 valence electrons. The number of methoxy groups -OCH3 is 1. The van der Waals surface area contributed by atoms with E-state index in [1.54, 1.807) is 11.0 Å². The average molecular weight is 383 g/mol. The third kappa shape index (κ3) is 5.20. The molecule has 1 aromatic carbocycles. The maximum atomic E-state index is 12.9. The molecule has 2 rings (SSSR count). The summed E-state index contributed by atoms with van der Waals surface area (Å²) in [6, 6.07) is 4.46. The molecule has 0 radical (unpaired) electrons. The van der Waals surface area contributed by atoms with Gasteiger partial charge in [-0.1, -0.05) is 20.8 Å². The van der Waals surface area contributed by atoms with E-state index in [0.29, 0.717) is 42.8 Å². The van der Waals surface area contributed by atoms with Gasteiger partial charge < -0.3 is 9.64 Å². The molecule has 0 aromatic heterocycles. The summed E-state index contributed by atoms with van der Waals surface area (Å²) in [4.78, 5) is 14.8. The first-order chi connectivity index (χ1) is 12.2. The Hall–Kier alpha value is -1.60. The Kier molecular flexibility index (Phi) is 7.06. The highest BCUT2D eigenvalue weighted by molar-refractivity contribution is 7.89. The van der Waals surface area contributed by atoms with Crippen molar-refractivity contribution in [1.29, 1.82) is 0 Å². The van der Waals surface area contributed by atoms with Gasteiger partial charge in [-0.15, -0.1) is 0 Å². The quantitative estimate of drug-likeness (QED) is 0.787. The van der Waals surface area contributed by atoms with Crippen molar-refractivity contribution in [3.8, 4) is 5.75 Å². The predicted molar refractivity (Wildman–Crippen MR) is 102 cm³/mol. The van der Waals surface area contributed by atoms with Crippen molar-refractivity contribution in [3.63, 3.8) is 0 Å². The van der Waals surface area contributed by atoms with E-state index >= 15 is 0 Å². The first kappa shape index (κ1) is 20.7. The van der Waals surface area contributed by atoms with E-state index in [4.69, 9.17) is 4.74 Å². The van der Waals surface area contributed by atoms with Crippen molar-refractivity contribution in [3.05, 3.63) is 23.8 Å². The Morgan fingerprint density at radius 1 is 1.31 bits per heavy atom. The van der Waals surface area contributed by atoms with Crippen LogP contribution in [0.15, 0.2) is 23.1 Å². The largest absolute Gasteiger partial charge is 0.496 e. The van der Waals surface area contributed by atoms with Crippen LogP contribution >= 0.6 is 0 Å². The third-order valence-corrected chi connectivity index (χ3v) is 6.25. The van der Waals surface area contributed by atoms with Gasteiger partial charge in [-0.25, -0.2) is 13.1 Å². The molecule has 1 aliphatic heterocycles. The molecule has 6 nitrogen and oxygen atoms in total. The zero-order valence-electron chi connectivity index (χ0n) is 16.1. The molecule has 1 aliphatic rings. The molecule has 0 bridgehead atoms. The summed E-state index contributed by atoms with van der Waals surface area (Å²) >= 11 is 0. The third-order valence-electron chi connectivity index (χ3n) is 4.80. The van der Waals surface area contributed by atoms with Gasteiger partial charge in [0.1, 0.15) is 5.75 Å². The van der Waals surface area contributed by atoms with Gasteiger partial charge >= 0.3 is 0 Å². The standard InChI is InChI=1S/C19H30N2O4S/c1-14(2)7-10-20-26(23,24)16-5-6-18(25-4)17(13-16)19(22)21-11-8-15(3)9-12-21/h5-6,13-15,20H,7-12H2,1-4H3. The number of ether oxygens (including phenoxy) is 1. The average Bonchev–Trinajstić information content (AvgIpc) is 2.60. The van der Waals surface area contributed by atoms with E-state index in [9.17, 15) is 13.2 Å². The summed E-state index contributed by atoms with van der Waals surface area (Å²) in [5.41, 5.74) is 0.300. The Morgan fingerprint density at radius 2 is 1.96 bits per heavy atom. The van der Waals surface area contributed by atoms with E-state index in [1.807, 2.05) is 13.8 Å². The van der Waals surface area contributed by atoms with Crippen LogP contribution in [0.1, 0.15) is 50.4 Å². The van der Waals surface area contributed by atoms with E-state index in [1.165, 1.54) is 19.2 Å². The Balaban J connectivity index is 2.23. The number of carbonyl (C=O) groups is 1. The normalized spacial score (nSPS) is 16.1. The molecule has 7 heteroatoms. The molecule has 0 aliphatic carbocycles. The Bertz CT molecular complexity index is 723. The fraction of sp³-hybridized carbons (Fsp3) is 0.632. The number of carbonyl (C=O) groups excluding carboxylic acids is 1. The van der Waals surface area contributed by atoms with E-state index in [2.05, 4.69) is 11.6 Å². The van der Waals surface area contributed by atoms with E-state index in [-0.39, 0.29) is 10.8 Å². The van der Waals surface area contributed by atoms with Crippen LogP contribution in [-0.2, 0) is 10.0 Å². The van der Waals surface area contributed by atoms with Gasteiger partial charge in [-0.3, -0.25) is 4.79 Å². The molecule has 1 saturated heterocycles. The van der Waals surface area contributed by atoms with Crippen LogP contribution in [0.2, 0.25) is 0 Å². The maximum absolute atomic E-state index is 12.9. The van der Waals surface area contributed by atoms with Gasteiger partial charge in [0, 0.05) is 19.6 Å². The lowest BCUT2D eigenvalue weighted by molar-refractivity contribution is 0.0693. The highest BCUT2D eigenvalue weighted by Gasteiger charge is 2.25. The van der Waals surface area contributed by atoms with Crippen LogP contribution in [0, 0.1) is 11.8 Å². The van der Waals surface area contributed by atoms with Crippen LogP contribution < -0.4 is 9.46 Å². The summed E-state index contributed by atoms with van der Waals surface area (Å²) in [7, 11) is -2.17. The van der Waals surface area contributed by atoms with E-state index < -0.39 is 10.0 Å². The molecule has 0 unspecified atom stereocenters. The first-order valence-corrected chi connectivity index (χ1v) is 10.7. The summed E-state index contributed by atoms with van der Waals surface area (Å²) in [6.45, 7) is 8.01. The van der Waals surface area contributed by atoms with Crippen LogP contribution in [-0.4, -0.2) is 46.0 Å². The lowest BCUT2D eigenvalue weighted by Crippen LogP contribution is -2.38.